The molecule has 2 aromatic rings. The molecule has 2 aromatic carbocycles. The lowest BCUT2D eigenvalue weighted by atomic mass is 10.2. The molecule has 110 valence electrons. The van der Waals surface area contributed by atoms with Crippen molar-refractivity contribution in [2.24, 2.45) is 0 Å². The van der Waals surface area contributed by atoms with Gasteiger partial charge in [-0.05, 0) is 42.5 Å². The van der Waals surface area contributed by atoms with Crippen molar-refractivity contribution in [1.82, 2.24) is 0 Å². The summed E-state index contributed by atoms with van der Waals surface area (Å²) in [4.78, 5) is 11.8. The van der Waals surface area contributed by atoms with Crippen molar-refractivity contribution in [3.8, 4) is 11.5 Å². The lowest BCUT2D eigenvalue weighted by Crippen LogP contribution is -2.00. The third kappa shape index (κ3) is 4.72. The van der Waals surface area contributed by atoms with Crippen LogP contribution in [0.5, 0.6) is 11.5 Å². The first-order valence-electron chi connectivity index (χ1n) is 6.42. The van der Waals surface area contributed by atoms with E-state index in [1.165, 1.54) is 0 Å². The van der Waals surface area contributed by atoms with E-state index in [1.807, 2.05) is 30.3 Å². The summed E-state index contributed by atoms with van der Waals surface area (Å²) < 4.78 is 10.7. The molecule has 0 bridgehead atoms. The molecular weight excluding hydrogens is 288 g/mol. The quantitative estimate of drug-likeness (QED) is 0.626. The molecule has 0 aliphatic rings. The van der Waals surface area contributed by atoms with Crippen molar-refractivity contribution in [1.29, 1.82) is 0 Å². The van der Waals surface area contributed by atoms with Crippen LogP contribution in [0.1, 0.15) is 10.4 Å². The predicted molar refractivity (Wildman–Crippen MR) is 82.6 cm³/mol. The van der Waals surface area contributed by atoms with E-state index >= 15 is 0 Å². The van der Waals surface area contributed by atoms with Crippen LogP contribution >= 0.6 is 11.8 Å². The van der Waals surface area contributed by atoms with Gasteiger partial charge < -0.3 is 14.6 Å². The third-order valence-electron chi connectivity index (χ3n) is 2.76. The molecule has 1 N–H and O–H groups in total. The molecule has 0 atom stereocenters. The highest BCUT2D eigenvalue weighted by Crippen LogP contribution is 2.20. The summed E-state index contributed by atoms with van der Waals surface area (Å²) >= 11 is 1.57. The highest BCUT2D eigenvalue weighted by Gasteiger charge is 2.03. The van der Waals surface area contributed by atoms with Gasteiger partial charge in [0.1, 0.15) is 11.5 Å². The molecule has 0 aromatic heterocycles. The Bertz CT molecular complexity index is 595. The third-order valence-corrected chi connectivity index (χ3v) is 3.72. The molecule has 0 saturated heterocycles. The summed E-state index contributed by atoms with van der Waals surface area (Å²) in [7, 11) is 1.62. The summed E-state index contributed by atoms with van der Waals surface area (Å²) in [6.07, 6.45) is 0. The monoisotopic (exact) mass is 304 g/mol. The van der Waals surface area contributed by atoms with Gasteiger partial charge in [-0.15, -0.1) is 11.8 Å². The number of carboxylic acid groups (broad SMARTS) is 1. The lowest BCUT2D eigenvalue weighted by Gasteiger charge is -2.07. The van der Waals surface area contributed by atoms with E-state index in [-0.39, 0.29) is 0 Å². The molecule has 0 aliphatic carbocycles. The maximum atomic E-state index is 10.9. The SMILES string of the molecule is COc1ccc(OCCSc2cccc(C(=O)O)c2)cc1. The minimum absolute atomic E-state index is 0.302. The average Bonchev–Trinajstić information content (AvgIpc) is 2.52. The van der Waals surface area contributed by atoms with Gasteiger partial charge in [0.05, 0.1) is 19.3 Å². The standard InChI is InChI=1S/C16H16O4S/c1-19-13-5-7-14(8-6-13)20-9-10-21-15-4-2-3-12(11-15)16(17)18/h2-8,11H,9-10H2,1H3,(H,17,18). The van der Waals surface area contributed by atoms with Crippen LogP contribution in [0.3, 0.4) is 0 Å². The number of rotatable bonds is 7. The Balaban J connectivity index is 1.78. The molecule has 0 fully saturated rings. The minimum atomic E-state index is -0.910. The second kappa shape index (κ2) is 7.59. The summed E-state index contributed by atoms with van der Waals surface area (Å²) in [6.45, 7) is 0.550. The van der Waals surface area contributed by atoms with Gasteiger partial charge in [-0.3, -0.25) is 0 Å². The highest BCUT2D eigenvalue weighted by molar-refractivity contribution is 7.99. The number of ether oxygens (including phenoxy) is 2. The van der Waals surface area contributed by atoms with Gasteiger partial charge >= 0.3 is 5.97 Å². The van der Waals surface area contributed by atoms with E-state index in [4.69, 9.17) is 14.6 Å². The first-order chi connectivity index (χ1) is 10.2. The summed E-state index contributed by atoms with van der Waals surface area (Å²) in [5.74, 6) is 1.42. The fraction of sp³-hybridized carbons (Fsp3) is 0.188. The Labute approximate surface area is 127 Å². The molecule has 0 aliphatic heterocycles. The van der Waals surface area contributed by atoms with Gasteiger partial charge in [0.25, 0.3) is 0 Å². The van der Waals surface area contributed by atoms with Crippen LogP contribution in [0.15, 0.2) is 53.4 Å². The van der Waals surface area contributed by atoms with Crippen molar-refractivity contribution in [3.63, 3.8) is 0 Å². The molecule has 0 saturated carbocycles. The van der Waals surface area contributed by atoms with E-state index in [0.717, 1.165) is 22.1 Å². The van der Waals surface area contributed by atoms with Gasteiger partial charge in [0, 0.05) is 10.6 Å². The number of aromatic carboxylic acids is 1. The molecular formula is C16H16O4S. The van der Waals surface area contributed by atoms with Crippen LogP contribution in [0, 0.1) is 0 Å². The zero-order chi connectivity index (χ0) is 15.1. The van der Waals surface area contributed by atoms with Gasteiger partial charge in [0.15, 0.2) is 0 Å². The first-order valence-corrected chi connectivity index (χ1v) is 7.40. The van der Waals surface area contributed by atoms with Crippen LogP contribution < -0.4 is 9.47 Å². The van der Waals surface area contributed by atoms with E-state index < -0.39 is 5.97 Å². The van der Waals surface area contributed by atoms with Crippen molar-refractivity contribution >= 4 is 17.7 Å². The highest BCUT2D eigenvalue weighted by atomic mass is 32.2. The number of thioether (sulfide) groups is 1. The molecule has 2 rings (SSSR count). The lowest BCUT2D eigenvalue weighted by molar-refractivity contribution is 0.0696. The Kier molecular flexibility index (Phi) is 5.51. The van der Waals surface area contributed by atoms with Crippen LogP contribution in [0.4, 0.5) is 0 Å². The largest absolute Gasteiger partial charge is 0.497 e. The normalized spacial score (nSPS) is 10.1. The maximum Gasteiger partial charge on any atom is 0.335 e. The number of carboxylic acids is 1. The Morgan fingerprint density at radius 1 is 1.14 bits per heavy atom. The number of benzene rings is 2. The van der Waals surface area contributed by atoms with Gasteiger partial charge in [-0.25, -0.2) is 4.79 Å². The van der Waals surface area contributed by atoms with Crippen molar-refractivity contribution in [2.45, 2.75) is 4.90 Å². The van der Waals surface area contributed by atoms with Crippen molar-refractivity contribution in [3.05, 3.63) is 54.1 Å². The van der Waals surface area contributed by atoms with Crippen LogP contribution in [-0.4, -0.2) is 30.5 Å². The molecule has 0 heterocycles. The summed E-state index contributed by atoms with van der Waals surface area (Å²) in [5.41, 5.74) is 0.302. The average molecular weight is 304 g/mol. The molecule has 0 unspecified atom stereocenters. The topological polar surface area (TPSA) is 55.8 Å². The van der Waals surface area contributed by atoms with Gasteiger partial charge in [-0.1, -0.05) is 6.07 Å². The predicted octanol–water partition coefficient (Wildman–Crippen LogP) is 3.56. The molecule has 0 amide bonds. The zero-order valence-corrected chi connectivity index (χ0v) is 12.4. The van der Waals surface area contributed by atoms with E-state index in [0.29, 0.717) is 12.2 Å². The smallest absolute Gasteiger partial charge is 0.335 e. The van der Waals surface area contributed by atoms with E-state index in [2.05, 4.69) is 0 Å². The maximum absolute atomic E-state index is 10.9. The van der Waals surface area contributed by atoms with Crippen LogP contribution in [0.25, 0.3) is 0 Å². The Morgan fingerprint density at radius 2 is 1.86 bits per heavy atom. The van der Waals surface area contributed by atoms with Crippen LogP contribution in [-0.2, 0) is 0 Å². The second-order valence-corrected chi connectivity index (χ2v) is 5.37. The molecule has 0 radical (unpaired) electrons. The first kappa shape index (κ1) is 15.3. The van der Waals surface area contributed by atoms with E-state index in [1.54, 1.807) is 37.1 Å². The zero-order valence-electron chi connectivity index (χ0n) is 11.6. The number of hydrogen-bond acceptors (Lipinski definition) is 4. The van der Waals surface area contributed by atoms with Crippen molar-refractivity contribution < 1.29 is 19.4 Å². The number of hydrogen-bond donors (Lipinski definition) is 1. The van der Waals surface area contributed by atoms with Gasteiger partial charge in [-0.2, -0.15) is 0 Å². The fourth-order valence-electron chi connectivity index (χ4n) is 1.71. The Morgan fingerprint density at radius 3 is 2.52 bits per heavy atom. The number of carbonyl (C=O) groups is 1. The van der Waals surface area contributed by atoms with E-state index in [9.17, 15) is 4.79 Å². The minimum Gasteiger partial charge on any atom is -0.497 e. The molecule has 4 nitrogen and oxygen atoms in total. The van der Waals surface area contributed by atoms with Crippen LogP contribution in [0.2, 0.25) is 0 Å². The fourth-order valence-corrected chi connectivity index (χ4v) is 2.50. The number of methoxy groups -OCH3 is 1. The second-order valence-electron chi connectivity index (χ2n) is 4.21. The molecule has 5 heteroatoms. The molecule has 21 heavy (non-hydrogen) atoms. The van der Waals surface area contributed by atoms with Crippen molar-refractivity contribution in [2.75, 3.05) is 19.5 Å². The summed E-state index contributed by atoms with van der Waals surface area (Å²) in [6, 6.07) is 14.3. The van der Waals surface area contributed by atoms with Gasteiger partial charge in [0.2, 0.25) is 0 Å². The Hall–Kier alpha value is -2.14. The summed E-state index contributed by atoms with van der Waals surface area (Å²) in [5, 5.41) is 8.93. The molecule has 0 spiro atoms.